The number of aryl methyl sites for hydroxylation is 1. The van der Waals surface area contributed by atoms with Gasteiger partial charge in [0.25, 0.3) is 0 Å². The molecule has 1 aromatic heterocycles. The lowest BCUT2D eigenvalue weighted by molar-refractivity contribution is -0.138. The van der Waals surface area contributed by atoms with Crippen molar-refractivity contribution in [1.29, 1.82) is 0 Å². The van der Waals surface area contributed by atoms with Crippen molar-refractivity contribution >= 4 is 35.0 Å². The van der Waals surface area contributed by atoms with E-state index in [4.69, 9.17) is 20.9 Å². The van der Waals surface area contributed by atoms with Gasteiger partial charge >= 0.3 is 12.1 Å². The Labute approximate surface area is 231 Å². The van der Waals surface area contributed by atoms with Crippen molar-refractivity contribution in [1.82, 2.24) is 5.16 Å². The molecule has 3 aromatic carbocycles. The maximum absolute atomic E-state index is 12.7. The van der Waals surface area contributed by atoms with Gasteiger partial charge in [-0.05, 0) is 56.0 Å². The SMILES string of the molecule is Cc1noc(-c2ccc(-c3ccc(N4CCCC4C(=O)O)cc3)cc2)c1NC(=O)O[C@H](C)c1ccccc1Cl. The summed E-state index contributed by atoms with van der Waals surface area (Å²) in [6, 6.07) is 22.3. The molecule has 1 aliphatic heterocycles. The second-order valence-corrected chi connectivity index (χ2v) is 9.89. The number of carboxylic acids is 1. The van der Waals surface area contributed by atoms with E-state index in [9.17, 15) is 14.7 Å². The smallest absolute Gasteiger partial charge is 0.412 e. The lowest BCUT2D eigenvalue weighted by atomic mass is 10.0. The first-order valence-corrected chi connectivity index (χ1v) is 13.1. The van der Waals surface area contributed by atoms with Crippen LogP contribution in [0.3, 0.4) is 0 Å². The van der Waals surface area contributed by atoms with Gasteiger partial charge in [-0.3, -0.25) is 5.32 Å². The average molecular weight is 546 g/mol. The molecular weight excluding hydrogens is 518 g/mol. The third-order valence-corrected chi connectivity index (χ3v) is 7.28. The molecule has 4 aromatic rings. The van der Waals surface area contributed by atoms with Crippen molar-refractivity contribution in [3.05, 3.63) is 89.1 Å². The number of halogens is 1. The first-order valence-electron chi connectivity index (χ1n) is 12.7. The van der Waals surface area contributed by atoms with E-state index in [0.29, 0.717) is 34.1 Å². The zero-order chi connectivity index (χ0) is 27.5. The molecule has 200 valence electrons. The minimum atomic E-state index is -0.785. The molecule has 0 radical (unpaired) electrons. The van der Waals surface area contributed by atoms with Gasteiger partial charge in [0.15, 0.2) is 5.76 Å². The maximum Gasteiger partial charge on any atom is 0.412 e. The van der Waals surface area contributed by atoms with Crippen LogP contribution in [0.4, 0.5) is 16.2 Å². The second-order valence-electron chi connectivity index (χ2n) is 9.48. The summed E-state index contributed by atoms with van der Waals surface area (Å²) in [6.45, 7) is 4.23. The largest absolute Gasteiger partial charge is 0.480 e. The minimum absolute atomic E-state index is 0.422. The molecule has 0 bridgehead atoms. The highest BCUT2D eigenvalue weighted by Gasteiger charge is 2.30. The number of carbonyl (C=O) groups is 2. The Morgan fingerprint density at radius 1 is 1.05 bits per heavy atom. The topological polar surface area (TPSA) is 105 Å². The monoisotopic (exact) mass is 545 g/mol. The van der Waals surface area contributed by atoms with Gasteiger partial charge in [0.2, 0.25) is 0 Å². The Kier molecular flexibility index (Phi) is 7.56. The first kappa shape index (κ1) is 26.3. The summed E-state index contributed by atoms with van der Waals surface area (Å²) in [5.41, 5.74) is 5.30. The molecule has 2 N–H and O–H groups in total. The summed E-state index contributed by atoms with van der Waals surface area (Å²) < 4.78 is 11.1. The molecule has 1 amide bonds. The summed E-state index contributed by atoms with van der Waals surface area (Å²) in [5.74, 6) is -0.363. The van der Waals surface area contributed by atoms with Gasteiger partial charge in [-0.2, -0.15) is 0 Å². The predicted molar refractivity (Wildman–Crippen MR) is 150 cm³/mol. The van der Waals surface area contributed by atoms with Crippen molar-refractivity contribution in [3.63, 3.8) is 0 Å². The van der Waals surface area contributed by atoms with Gasteiger partial charge in [-0.1, -0.05) is 71.4 Å². The molecule has 2 heterocycles. The van der Waals surface area contributed by atoms with Gasteiger partial charge in [0.1, 0.15) is 23.5 Å². The number of aromatic nitrogens is 1. The van der Waals surface area contributed by atoms with E-state index in [0.717, 1.165) is 35.3 Å². The molecule has 8 nitrogen and oxygen atoms in total. The second kappa shape index (κ2) is 11.2. The number of nitrogens with one attached hydrogen (secondary N) is 1. The lowest BCUT2D eigenvalue weighted by Crippen LogP contribution is -2.35. The first-order chi connectivity index (χ1) is 18.8. The van der Waals surface area contributed by atoms with Crippen molar-refractivity contribution in [3.8, 4) is 22.5 Å². The number of hydrogen-bond acceptors (Lipinski definition) is 6. The fourth-order valence-corrected chi connectivity index (χ4v) is 5.16. The van der Waals surface area contributed by atoms with Crippen LogP contribution < -0.4 is 10.2 Å². The molecule has 1 aliphatic rings. The third-order valence-electron chi connectivity index (χ3n) is 6.93. The third kappa shape index (κ3) is 5.61. The number of carbonyl (C=O) groups excluding carboxylic acids is 1. The quantitative estimate of drug-likeness (QED) is 0.250. The molecule has 1 unspecified atom stereocenters. The summed E-state index contributed by atoms with van der Waals surface area (Å²) in [5, 5.41) is 16.8. The number of ether oxygens (including phenoxy) is 1. The van der Waals surface area contributed by atoms with Crippen molar-refractivity contribution < 1.29 is 24.0 Å². The van der Waals surface area contributed by atoms with Gasteiger partial charge in [-0.25, -0.2) is 9.59 Å². The van der Waals surface area contributed by atoms with Crippen LogP contribution >= 0.6 is 11.6 Å². The van der Waals surface area contributed by atoms with Crippen LogP contribution in [0.2, 0.25) is 5.02 Å². The Bertz CT molecular complexity index is 1480. The number of benzene rings is 3. The van der Waals surface area contributed by atoms with Crippen LogP contribution in [0.5, 0.6) is 0 Å². The molecule has 9 heteroatoms. The van der Waals surface area contributed by atoms with Crippen LogP contribution in [-0.4, -0.2) is 34.9 Å². The van der Waals surface area contributed by atoms with Crippen LogP contribution in [0, 0.1) is 6.92 Å². The summed E-state index contributed by atoms with van der Waals surface area (Å²) >= 11 is 6.23. The van der Waals surface area contributed by atoms with E-state index in [1.165, 1.54) is 0 Å². The van der Waals surface area contributed by atoms with Crippen molar-refractivity contribution in [2.75, 3.05) is 16.8 Å². The minimum Gasteiger partial charge on any atom is -0.480 e. The van der Waals surface area contributed by atoms with E-state index < -0.39 is 24.2 Å². The number of anilines is 2. The van der Waals surface area contributed by atoms with E-state index in [2.05, 4.69) is 10.5 Å². The number of aliphatic carboxylic acids is 1. The maximum atomic E-state index is 12.7. The van der Waals surface area contributed by atoms with E-state index in [1.54, 1.807) is 19.9 Å². The highest BCUT2D eigenvalue weighted by molar-refractivity contribution is 6.31. The molecule has 39 heavy (non-hydrogen) atoms. The fourth-order valence-electron chi connectivity index (χ4n) is 4.87. The summed E-state index contributed by atoms with van der Waals surface area (Å²) in [6.07, 6.45) is 0.341. The van der Waals surface area contributed by atoms with Crippen molar-refractivity contribution in [2.24, 2.45) is 0 Å². The lowest BCUT2D eigenvalue weighted by Gasteiger charge is -2.23. The van der Waals surface area contributed by atoms with E-state index in [-0.39, 0.29) is 0 Å². The van der Waals surface area contributed by atoms with Gasteiger partial charge in [0, 0.05) is 28.4 Å². The predicted octanol–water partition coefficient (Wildman–Crippen LogP) is 7.33. The van der Waals surface area contributed by atoms with Crippen LogP contribution in [0.1, 0.15) is 37.1 Å². The standard InChI is InChI=1S/C30H28ClN3O5/c1-18-27(32-30(37)38-19(2)24-6-3-4-7-25(24)31)28(39-33-18)22-11-9-20(10-12-22)21-13-15-23(16-14-21)34-17-5-8-26(34)29(35)36/h3-4,6-7,9-16,19,26H,5,8,17H2,1-2H3,(H,32,37)(H,35,36)/t19-,26?/m1/s1. The van der Waals surface area contributed by atoms with E-state index >= 15 is 0 Å². The fraction of sp³-hybridized carbons (Fsp3) is 0.233. The molecule has 2 atom stereocenters. The number of amides is 1. The van der Waals surface area contributed by atoms with Crippen molar-refractivity contribution in [2.45, 2.75) is 38.8 Å². The Balaban J connectivity index is 1.29. The average Bonchev–Trinajstić information content (AvgIpc) is 3.57. The zero-order valence-electron chi connectivity index (χ0n) is 21.6. The molecular formula is C30H28ClN3O5. The molecule has 0 saturated carbocycles. The van der Waals surface area contributed by atoms with Gasteiger partial charge in [-0.15, -0.1) is 0 Å². The number of carboxylic acid groups (broad SMARTS) is 1. The Morgan fingerprint density at radius 3 is 2.36 bits per heavy atom. The molecule has 0 spiro atoms. The van der Waals surface area contributed by atoms with Gasteiger partial charge in [0.05, 0.1) is 0 Å². The van der Waals surface area contributed by atoms with Crippen LogP contribution in [0.15, 0.2) is 77.3 Å². The van der Waals surface area contributed by atoms with Crippen LogP contribution in [-0.2, 0) is 9.53 Å². The Hall–Kier alpha value is -4.30. The Morgan fingerprint density at radius 2 is 1.69 bits per heavy atom. The highest BCUT2D eigenvalue weighted by atomic mass is 35.5. The number of nitrogens with zero attached hydrogens (tertiary/aromatic N) is 2. The number of rotatable bonds is 7. The van der Waals surface area contributed by atoms with Crippen LogP contribution in [0.25, 0.3) is 22.5 Å². The molecule has 0 aliphatic carbocycles. The number of hydrogen-bond donors (Lipinski definition) is 2. The molecule has 1 saturated heterocycles. The highest BCUT2D eigenvalue weighted by Crippen LogP contribution is 2.34. The summed E-state index contributed by atoms with van der Waals surface area (Å²) in [4.78, 5) is 26.2. The van der Waals surface area contributed by atoms with Gasteiger partial charge < -0.3 is 19.3 Å². The van der Waals surface area contributed by atoms with E-state index in [1.807, 2.05) is 71.6 Å². The normalized spacial score (nSPS) is 15.7. The molecule has 1 fully saturated rings. The summed E-state index contributed by atoms with van der Waals surface area (Å²) in [7, 11) is 0. The molecule has 5 rings (SSSR count). The zero-order valence-corrected chi connectivity index (χ0v) is 22.3.